The zero-order chi connectivity index (χ0) is 8.97. The minimum atomic E-state index is 0.131. The molecule has 1 aromatic rings. The Balaban J connectivity index is 2.89. The van der Waals surface area contributed by atoms with Crippen molar-refractivity contribution in [3.05, 3.63) is 29.8 Å². The van der Waals surface area contributed by atoms with E-state index in [4.69, 9.17) is 5.73 Å². The summed E-state index contributed by atoms with van der Waals surface area (Å²) in [5, 5.41) is 10.0. The first-order valence-corrected chi connectivity index (χ1v) is 4.67. The van der Waals surface area contributed by atoms with Gasteiger partial charge in [-0.05, 0) is 17.7 Å². The van der Waals surface area contributed by atoms with Crippen LogP contribution < -0.4 is 5.73 Å². The molecule has 0 fully saturated rings. The monoisotopic (exact) mass is 227 g/mol. The van der Waals surface area contributed by atoms with E-state index in [9.17, 15) is 5.11 Å². The third kappa shape index (κ3) is 2.27. The summed E-state index contributed by atoms with van der Waals surface area (Å²) in [5.74, 6) is 0.131. The van der Waals surface area contributed by atoms with Gasteiger partial charge in [0.1, 0.15) is 5.75 Å². The molecule has 0 radical (unpaired) electrons. The number of anilines is 1. The Morgan fingerprint density at radius 2 is 2.25 bits per heavy atom. The molecule has 0 aliphatic carbocycles. The van der Waals surface area contributed by atoms with Gasteiger partial charge in [0.15, 0.2) is 0 Å². The molecule has 0 unspecified atom stereocenters. The van der Waals surface area contributed by atoms with E-state index in [1.165, 1.54) is 0 Å². The third-order valence-corrected chi connectivity index (χ3v) is 1.83. The van der Waals surface area contributed by atoms with Crippen LogP contribution >= 0.6 is 15.9 Å². The second kappa shape index (κ2) is 4.16. The Hall–Kier alpha value is -0.960. The quantitative estimate of drug-likeness (QED) is 0.463. The van der Waals surface area contributed by atoms with Gasteiger partial charge in [0.2, 0.25) is 0 Å². The number of halogens is 1. The molecule has 0 atom stereocenters. The largest absolute Gasteiger partial charge is 0.506 e. The first-order valence-electron chi connectivity index (χ1n) is 3.55. The third-order valence-electron chi connectivity index (χ3n) is 1.45. The highest BCUT2D eigenvalue weighted by Crippen LogP contribution is 2.21. The van der Waals surface area contributed by atoms with Crippen molar-refractivity contribution >= 4 is 27.7 Å². The van der Waals surface area contributed by atoms with Gasteiger partial charge in [0, 0.05) is 5.33 Å². The summed E-state index contributed by atoms with van der Waals surface area (Å²) in [4.78, 5) is 0. The molecule has 0 heterocycles. The molecule has 0 aliphatic heterocycles. The highest BCUT2D eigenvalue weighted by molar-refractivity contribution is 9.09. The summed E-state index contributed by atoms with van der Waals surface area (Å²) in [6.07, 6.45) is 3.86. The van der Waals surface area contributed by atoms with Crippen LogP contribution in [0.2, 0.25) is 0 Å². The Morgan fingerprint density at radius 3 is 2.83 bits per heavy atom. The smallest absolute Gasteiger partial charge is 0.139 e. The molecule has 3 N–H and O–H groups in total. The van der Waals surface area contributed by atoms with Gasteiger partial charge in [-0.3, -0.25) is 0 Å². The molecule has 0 aromatic heterocycles. The molecular formula is C9H10BrNO. The van der Waals surface area contributed by atoms with Crippen LogP contribution in [0.4, 0.5) is 5.69 Å². The van der Waals surface area contributed by atoms with Crippen molar-refractivity contribution in [1.82, 2.24) is 0 Å². The molecule has 2 nitrogen and oxygen atoms in total. The average Bonchev–Trinajstić information content (AvgIpc) is 2.07. The minimum absolute atomic E-state index is 0.131. The Kier molecular flexibility index (Phi) is 3.17. The van der Waals surface area contributed by atoms with Gasteiger partial charge >= 0.3 is 0 Å². The molecule has 64 valence electrons. The number of phenols is 1. The van der Waals surface area contributed by atoms with Crippen LogP contribution in [0.3, 0.4) is 0 Å². The first-order chi connectivity index (χ1) is 5.74. The van der Waals surface area contributed by atoms with Crippen molar-refractivity contribution in [2.24, 2.45) is 0 Å². The fourth-order valence-corrected chi connectivity index (χ4v) is 1.03. The molecule has 3 heteroatoms. The number of phenolic OH excluding ortho intramolecular Hbond substituents is 1. The number of aromatic hydroxyl groups is 1. The van der Waals surface area contributed by atoms with Crippen LogP contribution in [-0.4, -0.2) is 10.4 Å². The zero-order valence-electron chi connectivity index (χ0n) is 6.50. The highest BCUT2D eigenvalue weighted by Gasteiger charge is 1.94. The predicted octanol–water partition coefficient (Wildman–Crippen LogP) is 2.38. The summed E-state index contributed by atoms with van der Waals surface area (Å²) in [6.45, 7) is 0. The van der Waals surface area contributed by atoms with E-state index in [0.29, 0.717) is 5.69 Å². The predicted molar refractivity (Wildman–Crippen MR) is 55.3 cm³/mol. The summed E-state index contributed by atoms with van der Waals surface area (Å²) in [6, 6.07) is 5.17. The lowest BCUT2D eigenvalue weighted by Gasteiger charge is -1.98. The second-order valence-corrected chi connectivity index (χ2v) is 3.02. The summed E-state index contributed by atoms with van der Waals surface area (Å²) in [7, 11) is 0. The van der Waals surface area contributed by atoms with Crippen LogP contribution in [0.5, 0.6) is 5.75 Å². The molecule has 0 saturated heterocycles. The van der Waals surface area contributed by atoms with Crippen LogP contribution in [0, 0.1) is 0 Å². The van der Waals surface area contributed by atoms with Gasteiger partial charge in [0.25, 0.3) is 0 Å². The zero-order valence-corrected chi connectivity index (χ0v) is 8.08. The van der Waals surface area contributed by atoms with Gasteiger partial charge in [-0.25, -0.2) is 0 Å². The van der Waals surface area contributed by atoms with Crippen molar-refractivity contribution in [3.8, 4) is 5.75 Å². The van der Waals surface area contributed by atoms with Gasteiger partial charge < -0.3 is 10.8 Å². The number of nitrogen functional groups attached to an aromatic ring is 1. The average molecular weight is 228 g/mol. The lowest BCUT2D eigenvalue weighted by atomic mass is 10.2. The van der Waals surface area contributed by atoms with Crippen molar-refractivity contribution in [2.75, 3.05) is 11.1 Å². The molecule has 0 aliphatic rings. The van der Waals surface area contributed by atoms with Crippen LogP contribution in [0.15, 0.2) is 24.3 Å². The Bertz CT molecular complexity index is 297. The fourth-order valence-electron chi connectivity index (χ4n) is 0.845. The Morgan fingerprint density at radius 1 is 1.50 bits per heavy atom. The van der Waals surface area contributed by atoms with E-state index >= 15 is 0 Å². The lowest BCUT2D eigenvalue weighted by molar-refractivity contribution is 0.478. The molecular weight excluding hydrogens is 218 g/mol. The standard InChI is InChI=1S/C9H10BrNO/c10-5-1-2-7-3-4-8(11)9(12)6-7/h1-4,6,12H,5,11H2. The summed E-state index contributed by atoms with van der Waals surface area (Å²) in [5.41, 5.74) is 6.79. The topological polar surface area (TPSA) is 46.2 Å². The first kappa shape index (κ1) is 9.13. The van der Waals surface area contributed by atoms with Crippen LogP contribution in [0.25, 0.3) is 6.08 Å². The number of rotatable bonds is 2. The molecule has 0 bridgehead atoms. The van der Waals surface area contributed by atoms with Crippen molar-refractivity contribution in [3.63, 3.8) is 0 Å². The van der Waals surface area contributed by atoms with Gasteiger partial charge in [-0.1, -0.05) is 34.1 Å². The van der Waals surface area contributed by atoms with E-state index in [2.05, 4.69) is 15.9 Å². The molecule has 0 saturated carbocycles. The van der Waals surface area contributed by atoms with E-state index in [1.54, 1.807) is 12.1 Å². The number of benzene rings is 1. The molecule has 0 amide bonds. The van der Waals surface area contributed by atoms with E-state index in [0.717, 1.165) is 10.9 Å². The lowest BCUT2D eigenvalue weighted by Crippen LogP contribution is -1.84. The van der Waals surface area contributed by atoms with Gasteiger partial charge in [-0.2, -0.15) is 0 Å². The highest BCUT2D eigenvalue weighted by atomic mass is 79.9. The second-order valence-electron chi connectivity index (χ2n) is 2.37. The SMILES string of the molecule is Nc1ccc(C=CCBr)cc1O. The molecule has 0 spiro atoms. The van der Waals surface area contributed by atoms with Gasteiger partial charge in [-0.15, -0.1) is 0 Å². The number of hydrogen-bond acceptors (Lipinski definition) is 2. The number of allylic oxidation sites excluding steroid dienone is 1. The van der Waals surface area contributed by atoms with Crippen molar-refractivity contribution < 1.29 is 5.11 Å². The normalized spacial score (nSPS) is 10.8. The minimum Gasteiger partial charge on any atom is -0.506 e. The maximum Gasteiger partial charge on any atom is 0.139 e. The number of nitrogens with two attached hydrogens (primary N) is 1. The molecule has 12 heavy (non-hydrogen) atoms. The Labute approximate surface area is 79.8 Å². The van der Waals surface area contributed by atoms with Gasteiger partial charge in [0.05, 0.1) is 5.69 Å². The van der Waals surface area contributed by atoms with Crippen molar-refractivity contribution in [1.29, 1.82) is 0 Å². The van der Waals surface area contributed by atoms with E-state index < -0.39 is 0 Å². The van der Waals surface area contributed by atoms with Crippen LogP contribution in [-0.2, 0) is 0 Å². The summed E-state index contributed by atoms with van der Waals surface area (Å²) >= 11 is 3.27. The van der Waals surface area contributed by atoms with Crippen molar-refractivity contribution in [2.45, 2.75) is 0 Å². The molecule has 1 rings (SSSR count). The fraction of sp³-hybridized carbons (Fsp3) is 0.111. The van der Waals surface area contributed by atoms with Crippen LogP contribution in [0.1, 0.15) is 5.56 Å². The van der Waals surface area contributed by atoms with E-state index in [-0.39, 0.29) is 5.75 Å². The maximum atomic E-state index is 9.23. The number of alkyl halides is 1. The molecule has 1 aromatic carbocycles. The summed E-state index contributed by atoms with van der Waals surface area (Å²) < 4.78 is 0. The number of hydrogen-bond donors (Lipinski definition) is 2. The maximum absolute atomic E-state index is 9.23. The van der Waals surface area contributed by atoms with E-state index in [1.807, 2.05) is 18.2 Å².